The third-order valence-corrected chi connectivity index (χ3v) is 6.90. The normalized spacial score (nSPS) is 16.3. The second-order valence-electron chi connectivity index (χ2n) is 7.02. The van der Waals surface area contributed by atoms with E-state index in [0.717, 1.165) is 11.1 Å². The summed E-state index contributed by atoms with van der Waals surface area (Å²) in [7, 11) is -3.44. The van der Waals surface area contributed by atoms with Gasteiger partial charge in [0, 0.05) is 5.56 Å². The molecule has 146 valence electrons. The number of sulfonamides is 1. The van der Waals surface area contributed by atoms with Gasteiger partial charge in [0.05, 0.1) is 31.1 Å². The van der Waals surface area contributed by atoms with Crippen LogP contribution in [0.15, 0.2) is 64.0 Å². The maximum absolute atomic E-state index is 12.8. The van der Waals surface area contributed by atoms with E-state index in [1.165, 1.54) is 4.90 Å². The zero-order valence-electron chi connectivity index (χ0n) is 15.7. The first-order chi connectivity index (χ1) is 13.5. The predicted octanol–water partition coefficient (Wildman–Crippen LogP) is 1.13. The van der Waals surface area contributed by atoms with E-state index in [4.69, 9.17) is 4.52 Å². The van der Waals surface area contributed by atoms with Crippen LogP contribution in [0.2, 0.25) is 0 Å². The lowest BCUT2D eigenvalue weighted by Crippen LogP contribution is -3.13. The molecule has 3 aromatic rings. The first-order valence-corrected chi connectivity index (χ1v) is 10.7. The van der Waals surface area contributed by atoms with Gasteiger partial charge in [0.15, 0.2) is 6.54 Å². The van der Waals surface area contributed by atoms with Crippen molar-refractivity contribution in [3.8, 4) is 11.4 Å². The Balaban J connectivity index is 1.37. The minimum atomic E-state index is -3.44. The van der Waals surface area contributed by atoms with Crippen LogP contribution in [0.25, 0.3) is 11.4 Å². The van der Waals surface area contributed by atoms with E-state index in [1.54, 1.807) is 16.4 Å². The lowest BCUT2D eigenvalue weighted by molar-refractivity contribution is -0.918. The lowest BCUT2D eigenvalue weighted by Gasteiger charge is -2.30. The Kier molecular flexibility index (Phi) is 5.25. The van der Waals surface area contributed by atoms with Crippen LogP contribution in [0.1, 0.15) is 11.5 Å². The number of nitrogens with zero attached hydrogens (tertiary/aromatic N) is 3. The third kappa shape index (κ3) is 3.99. The summed E-state index contributed by atoms with van der Waals surface area (Å²) in [5.74, 6) is 1.15. The second kappa shape index (κ2) is 7.83. The standard InChI is InChI=1S/C20H22N4O3S/c1-16-7-9-18(10-8-16)28(25,26)24-13-11-23(12-14-24)15-19-21-20(22-27-19)17-5-3-2-4-6-17/h2-10H,11-15H2,1H3/p+1. The highest BCUT2D eigenvalue weighted by Crippen LogP contribution is 2.17. The fraction of sp³-hybridized carbons (Fsp3) is 0.300. The topological polar surface area (TPSA) is 80.7 Å². The van der Waals surface area contributed by atoms with Crippen molar-refractivity contribution in [3.63, 3.8) is 0 Å². The van der Waals surface area contributed by atoms with Gasteiger partial charge >= 0.3 is 0 Å². The SMILES string of the molecule is Cc1ccc(S(=O)(=O)N2CC[NH+](Cc3nc(-c4ccccc4)no3)CC2)cc1. The van der Waals surface area contributed by atoms with Crippen LogP contribution in [0.3, 0.4) is 0 Å². The molecule has 0 aliphatic carbocycles. The van der Waals surface area contributed by atoms with E-state index in [-0.39, 0.29) is 0 Å². The molecule has 1 saturated heterocycles. The maximum Gasteiger partial charge on any atom is 0.282 e. The third-order valence-electron chi connectivity index (χ3n) is 4.99. The van der Waals surface area contributed by atoms with Gasteiger partial charge in [-0.1, -0.05) is 53.2 Å². The lowest BCUT2D eigenvalue weighted by atomic mass is 10.2. The zero-order chi connectivity index (χ0) is 19.6. The highest BCUT2D eigenvalue weighted by atomic mass is 32.2. The van der Waals surface area contributed by atoms with Crippen molar-refractivity contribution in [2.24, 2.45) is 0 Å². The first-order valence-electron chi connectivity index (χ1n) is 9.31. The van der Waals surface area contributed by atoms with E-state index in [9.17, 15) is 8.42 Å². The minimum Gasteiger partial charge on any atom is -0.333 e. The second-order valence-corrected chi connectivity index (χ2v) is 8.96. The highest BCUT2D eigenvalue weighted by Gasteiger charge is 2.31. The molecular formula is C20H23N4O3S+. The summed E-state index contributed by atoms with van der Waals surface area (Å²) in [5, 5.41) is 4.05. The Morgan fingerprint density at radius 3 is 2.39 bits per heavy atom. The fourth-order valence-electron chi connectivity index (χ4n) is 3.32. The average Bonchev–Trinajstić information content (AvgIpc) is 3.18. The van der Waals surface area contributed by atoms with Gasteiger partial charge in [-0.3, -0.25) is 0 Å². The van der Waals surface area contributed by atoms with Gasteiger partial charge in [-0.15, -0.1) is 0 Å². The Hall–Kier alpha value is -2.55. The summed E-state index contributed by atoms with van der Waals surface area (Å²) in [6.45, 7) is 4.90. The Bertz CT molecular complexity index is 1020. The summed E-state index contributed by atoms with van der Waals surface area (Å²) in [6.07, 6.45) is 0. The van der Waals surface area contributed by atoms with Crippen LogP contribution in [0, 0.1) is 6.92 Å². The number of piperazine rings is 1. The molecule has 2 heterocycles. The molecule has 0 radical (unpaired) electrons. The van der Waals surface area contributed by atoms with Crippen molar-refractivity contribution in [3.05, 3.63) is 66.1 Å². The average molecular weight is 399 g/mol. The maximum atomic E-state index is 12.8. The van der Waals surface area contributed by atoms with Crippen LogP contribution in [-0.2, 0) is 16.6 Å². The summed E-state index contributed by atoms with van der Waals surface area (Å²) in [5.41, 5.74) is 1.96. The van der Waals surface area contributed by atoms with Crippen molar-refractivity contribution >= 4 is 10.0 Å². The number of nitrogens with one attached hydrogen (secondary N) is 1. The van der Waals surface area contributed by atoms with Crippen LogP contribution in [-0.4, -0.2) is 49.0 Å². The van der Waals surface area contributed by atoms with Crippen molar-refractivity contribution < 1.29 is 17.8 Å². The van der Waals surface area contributed by atoms with Gasteiger partial charge in [-0.25, -0.2) is 8.42 Å². The molecule has 1 N–H and O–H groups in total. The molecule has 0 atom stereocenters. The highest BCUT2D eigenvalue weighted by molar-refractivity contribution is 7.89. The molecule has 0 bridgehead atoms. The number of aryl methyl sites for hydroxylation is 1. The molecular weight excluding hydrogens is 376 g/mol. The van der Waals surface area contributed by atoms with Crippen molar-refractivity contribution in [1.82, 2.24) is 14.4 Å². The monoisotopic (exact) mass is 399 g/mol. The minimum absolute atomic E-state index is 0.353. The summed E-state index contributed by atoms with van der Waals surface area (Å²) in [6, 6.07) is 16.7. The van der Waals surface area contributed by atoms with Gasteiger partial charge < -0.3 is 9.42 Å². The smallest absolute Gasteiger partial charge is 0.282 e. The molecule has 1 fully saturated rings. The molecule has 7 nitrogen and oxygen atoms in total. The molecule has 28 heavy (non-hydrogen) atoms. The zero-order valence-corrected chi connectivity index (χ0v) is 16.5. The van der Waals surface area contributed by atoms with Crippen molar-refractivity contribution in [1.29, 1.82) is 0 Å². The first kappa shape index (κ1) is 18.8. The van der Waals surface area contributed by atoms with Gasteiger partial charge in [-0.2, -0.15) is 9.29 Å². The molecule has 0 amide bonds. The summed E-state index contributed by atoms with van der Waals surface area (Å²) < 4.78 is 32.5. The molecule has 2 aromatic carbocycles. The van der Waals surface area contributed by atoms with Crippen LogP contribution in [0.5, 0.6) is 0 Å². The van der Waals surface area contributed by atoms with Gasteiger partial charge in [0.25, 0.3) is 5.89 Å². The largest absolute Gasteiger partial charge is 0.333 e. The predicted molar refractivity (Wildman–Crippen MR) is 104 cm³/mol. The van der Waals surface area contributed by atoms with E-state index < -0.39 is 10.0 Å². The molecule has 0 saturated carbocycles. The molecule has 8 heteroatoms. The number of hydrogen-bond acceptors (Lipinski definition) is 5. The van der Waals surface area contributed by atoms with Crippen LogP contribution >= 0.6 is 0 Å². The molecule has 1 aliphatic heterocycles. The van der Waals surface area contributed by atoms with Crippen LogP contribution < -0.4 is 4.90 Å². The van der Waals surface area contributed by atoms with Gasteiger partial charge in [0.1, 0.15) is 0 Å². The molecule has 4 rings (SSSR count). The van der Waals surface area contributed by atoms with Gasteiger partial charge in [0.2, 0.25) is 15.8 Å². The van der Waals surface area contributed by atoms with Crippen molar-refractivity contribution in [2.45, 2.75) is 18.4 Å². The van der Waals surface area contributed by atoms with E-state index in [0.29, 0.717) is 49.3 Å². The fourth-order valence-corrected chi connectivity index (χ4v) is 4.77. The van der Waals surface area contributed by atoms with E-state index in [2.05, 4.69) is 10.1 Å². The quantitative estimate of drug-likeness (QED) is 0.696. The van der Waals surface area contributed by atoms with Crippen molar-refractivity contribution in [2.75, 3.05) is 26.2 Å². The summed E-state index contributed by atoms with van der Waals surface area (Å²) in [4.78, 5) is 6.06. The Labute approximate surface area is 164 Å². The Morgan fingerprint density at radius 2 is 1.71 bits per heavy atom. The number of rotatable bonds is 5. The molecule has 1 aliphatic rings. The number of hydrogen-bond donors (Lipinski definition) is 1. The molecule has 1 aromatic heterocycles. The number of benzene rings is 2. The van der Waals surface area contributed by atoms with E-state index in [1.807, 2.05) is 49.4 Å². The molecule has 0 unspecified atom stereocenters. The molecule has 0 spiro atoms. The number of aromatic nitrogens is 2. The Morgan fingerprint density at radius 1 is 1.04 bits per heavy atom. The summed E-state index contributed by atoms with van der Waals surface area (Å²) >= 11 is 0. The van der Waals surface area contributed by atoms with E-state index >= 15 is 0 Å². The van der Waals surface area contributed by atoms with Crippen LogP contribution in [0.4, 0.5) is 0 Å². The van der Waals surface area contributed by atoms with Gasteiger partial charge in [-0.05, 0) is 19.1 Å². The number of quaternary nitrogens is 1.